The molecule has 154 valence electrons. The van der Waals surface area contributed by atoms with Crippen molar-refractivity contribution in [2.45, 2.75) is 51.7 Å². The highest BCUT2D eigenvalue weighted by molar-refractivity contribution is 14.0. The molecule has 0 aliphatic heterocycles. The number of guanidine groups is 1. The maximum Gasteiger partial charge on any atom is 0.194 e. The molecule has 0 spiro atoms. The summed E-state index contributed by atoms with van der Waals surface area (Å²) >= 11 is 6.20. The summed E-state index contributed by atoms with van der Waals surface area (Å²) in [6.07, 6.45) is 4.68. The van der Waals surface area contributed by atoms with Gasteiger partial charge in [0.1, 0.15) is 18.2 Å². The second-order valence-corrected chi connectivity index (χ2v) is 7.45. The molecule has 9 heteroatoms. The molecule has 0 bridgehead atoms. The molecular weight excluding hydrogens is 494 g/mol. The van der Waals surface area contributed by atoms with Crippen LogP contribution in [-0.4, -0.2) is 38.7 Å². The van der Waals surface area contributed by atoms with Crippen LogP contribution in [0.1, 0.15) is 42.9 Å². The molecule has 3 rings (SSSR count). The maximum absolute atomic E-state index is 14.2. The van der Waals surface area contributed by atoms with Crippen molar-refractivity contribution in [2.24, 2.45) is 12.0 Å². The lowest BCUT2D eigenvalue weighted by Crippen LogP contribution is -2.43. The average molecular weight is 521 g/mol. The van der Waals surface area contributed by atoms with Crippen LogP contribution in [0.2, 0.25) is 5.02 Å². The van der Waals surface area contributed by atoms with Gasteiger partial charge >= 0.3 is 0 Å². The molecule has 1 fully saturated rings. The number of nitrogens with zero attached hydrogens (tertiary/aromatic N) is 5. The zero-order valence-electron chi connectivity index (χ0n) is 16.5. The van der Waals surface area contributed by atoms with Crippen LogP contribution in [0.3, 0.4) is 0 Å². The highest BCUT2D eigenvalue weighted by Crippen LogP contribution is 2.21. The minimum absolute atomic E-state index is 0. The first-order valence-electron chi connectivity index (χ1n) is 9.25. The van der Waals surface area contributed by atoms with Gasteiger partial charge in [0.05, 0.1) is 0 Å². The van der Waals surface area contributed by atoms with Gasteiger partial charge < -0.3 is 14.8 Å². The van der Waals surface area contributed by atoms with Crippen LogP contribution < -0.4 is 5.32 Å². The number of benzene rings is 1. The van der Waals surface area contributed by atoms with Crippen molar-refractivity contribution in [3.63, 3.8) is 0 Å². The largest absolute Gasteiger partial charge is 0.353 e. The quantitative estimate of drug-likeness (QED) is 0.367. The Morgan fingerprint density at radius 1 is 1.36 bits per heavy atom. The van der Waals surface area contributed by atoms with Crippen molar-refractivity contribution in [2.75, 3.05) is 7.05 Å². The van der Waals surface area contributed by atoms with E-state index in [2.05, 4.69) is 15.5 Å². The number of rotatable bonds is 5. The molecule has 0 amide bonds. The summed E-state index contributed by atoms with van der Waals surface area (Å²) in [5, 5.41) is 12.2. The number of aliphatic imine (C=N–C) groups is 1. The fourth-order valence-corrected chi connectivity index (χ4v) is 3.48. The van der Waals surface area contributed by atoms with E-state index in [0.717, 1.165) is 30.5 Å². The monoisotopic (exact) mass is 520 g/mol. The van der Waals surface area contributed by atoms with Gasteiger partial charge in [-0.2, -0.15) is 0 Å². The van der Waals surface area contributed by atoms with E-state index in [1.807, 2.05) is 30.5 Å². The minimum atomic E-state index is -0.307. The van der Waals surface area contributed by atoms with Gasteiger partial charge in [-0.3, -0.25) is 0 Å². The highest BCUT2D eigenvalue weighted by atomic mass is 127. The fourth-order valence-electron chi connectivity index (χ4n) is 3.26. The van der Waals surface area contributed by atoms with E-state index in [0.29, 0.717) is 29.7 Å². The summed E-state index contributed by atoms with van der Waals surface area (Å²) < 4.78 is 16.1. The van der Waals surface area contributed by atoms with E-state index >= 15 is 0 Å². The van der Waals surface area contributed by atoms with Crippen LogP contribution in [-0.2, 0) is 20.1 Å². The lowest BCUT2D eigenvalue weighted by Gasteiger charge is -2.26. The molecule has 0 atom stereocenters. The Labute approximate surface area is 187 Å². The summed E-state index contributed by atoms with van der Waals surface area (Å²) in [5.41, 5.74) is 0.470. The number of nitrogens with one attached hydrogen (secondary N) is 1. The molecule has 28 heavy (non-hydrogen) atoms. The van der Waals surface area contributed by atoms with Crippen LogP contribution in [0.4, 0.5) is 4.39 Å². The standard InChI is InChI=1S/C19H26ClFN6.HI/c1-13-24-25-18(27(13)3)11-22-19(23-14-7-4-5-8-14)26(2)12-15-16(20)9-6-10-17(15)21;/h6,9-10,14H,4-5,7-8,11-12H2,1-3H3,(H,22,23);1H. The highest BCUT2D eigenvalue weighted by Gasteiger charge is 2.20. The Balaban J connectivity index is 0.00000280. The molecule has 0 unspecified atom stereocenters. The maximum atomic E-state index is 14.2. The molecule has 1 N–H and O–H groups in total. The van der Waals surface area contributed by atoms with Gasteiger partial charge in [0.25, 0.3) is 0 Å². The van der Waals surface area contributed by atoms with E-state index < -0.39 is 0 Å². The molecular formula is C19H27ClFIN6. The molecule has 2 aromatic rings. The lowest BCUT2D eigenvalue weighted by atomic mass is 10.2. The first-order chi connectivity index (χ1) is 13.0. The van der Waals surface area contributed by atoms with Gasteiger partial charge in [-0.15, -0.1) is 34.2 Å². The Morgan fingerprint density at radius 2 is 2.07 bits per heavy atom. The predicted molar refractivity (Wildman–Crippen MR) is 121 cm³/mol. The molecule has 6 nitrogen and oxygen atoms in total. The van der Waals surface area contributed by atoms with Crippen LogP contribution >= 0.6 is 35.6 Å². The number of hydrogen-bond donors (Lipinski definition) is 1. The molecule has 1 aliphatic rings. The molecule has 0 radical (unpaired) electrons. The third-order valence-electron chi connectivity index (χ3n) is 5.06. The fraction of sp³-hybridized carbons (Fsp3) is 0.526. The van der Waals surface area contributed by atoms with Crippen LogP contribution in [0, 0.1) is 12.7 Å². The Bertz CT molecular complexity index is 799. The SMILES string of the molecule is Cc1nnc(CN=C(NC2CCCC2)N(C)Cc2c(F)cccc2Cl)n1C.I. The lowest BCUT2D eigenvalue weighted by molar-refractivity contribution is 0.444. The van der Waals surface area contributed by atoms with Gasteiger partial charge in [0.2, 0.25) is 0 Å². The Hall–Kier alpha value is -1.42. The molecule has 0 saturated heterocycles. The van der Waals surface area contributed by atoms with E-state index in [1.165, 1.54) is 18.9 Å². The van der Waals surface area contributed by atoms with Gasteiger partial charge in [0, 0.05) is 37.3 Å². The van der Waals surface area contributed by atoms with E-state index in [1.54, 1.807) is 12.1 Å². The Kier molecular flexibility index (Phi) is 8.48. The smallest absolute Gasteiger partial charge is 0.194 e. The predicted octanol–water partition coefficient (Wildman–Crippen LogP) is 4.05. The first kappa shape index (κ1) is 22.9. The second kappa shape index (κ2) is 10.4. The van der Waals surface area contributed by atoms with Crippen molar-refractivity contribution in [3.8, 4) is 0 Å². The van der Waals surface area contributed by atoms with Gasteiger partial charge in [0.15, 0.2) is 11.8 Å². The molecule has 1 aliphatic carbocycles. The molecule has 1 aromatic carbocycles. The Morgan fingerprint density at radius 3 is 2.68 bits per heavy atom. The van der Waals surface area contributed by atoms with E-state index in [-0.39, 0.29) is 29.8 Å². The number of halogens is 3. The van der Waals surface area contributed by atoms with Gasteiger partial charge in [-0.1, -0.05) is 30.5 Å². The van der Waals surface area contributed by atoms with Gasteiger partial charge in [-0.05, 0) is 31.9 Å². The second-order valence-electron chi connectivity index (χ2n) is 7.04. The average Bonchev–Trinajstić information content (AvgIpc) is 3.26. The minimum Gasteiger partial charge on any atom is -0.353 e. The van der Waals surface area contributed by atoms with Crippen molar-refractivity contribution < 1.29 is 4.39 Å². The van der Waals surface area contributed by atoms with Crippen molar-refractivity contribution in [1.82, 2.24) is 25.0 Å². The first-order valence-corrected chi connectivity index (χ1v) is 9.63. The van der Waals surface area contributed by atoms with Crippen molar-refractivity contribution in [1.29, 1.82) is 0 Å². The molecule has 1 aromatic heterocycles. The zero-order chi connectivity index (χ0) is 19.4. The normalized spacial score (nSPS) is 14.8. The number of aromatic nitrogens is 3. The summed E-state index contributed by atoms with van der Waals surface area (Å²) in [7, 11) is 3.82. The molecule has 1 heterocycles. The summed E-state index contributed by atoms with van der Waals surface area (Å²) in [6, 6.07) is 5.14. The summed E-state index contributed by atoms with van der Waals surface area (Å²) in [5.74, 6) is 2.05. The summed E-state index contributed by atoms with van der Waals surface area (Å²) in [4.78, 5) is 6.64. The number of hydrogen-bond acceptors (Lipinski definition) is 3. The van der Waals surface area contributed by atoms with Crippen LogP contribution in [0.5, 0.6) is 0 Å². The van der Waals surface area contributed by atoms with Gasteiger partial charge in [-0.25, -0.2) is 9.38 Å². The topological polar surface area (TPSA) is 58.3 Å². The third-order valence-corrected chi connectivity index (χ3v) is 5.41. The van der Waals surface area contributed by atoms with Crippen LogP contribution in [0.15, 0.2) is 23.2 Å². The van der Waals surface area contributed by atoms with E-state index in [4.69, 9.17) is 16.6 Å². The third kappa shape index (κ3) is 5.56. The van der Waals surface area contributed by atoms with Crippen LogP contribution in [0.25, 0.3) is 0 Å². The summed E-state index contributed by atoms with van der Waals surface area (Å²) in [6.45, 7) is 2.65. The van der Waals surface area contributed by atoms with Crippen molar-refractivity contribution in [3.05, 3.63) is 46.3 Å². The zero-order valence-corrected chi connectivity index (χ0v) is 19.5. The molecule has 1 saturated carbocycles. The number of aryl methyl sites for hydroxylation is 1. The van der Waals surface area contributed by atoms with Crippen molar-refractivity contribution >= 4 is 41.5 Å². The van der Waals surface area contributed by atoms with E-state index in [9.17, 15) is 4.39 Å².